The molecule has 0 bridgehead atoms. The highest BCUT2D eigenvalue weighted by Gasteiger charge is 2.06. The van der Waals surface area contributed by atoms with E-state index in [4.69, 9.17) is 5.73 Å². The Kier molecular flexibility index (Phi) is 3.66. The van der Waals surface area contributed by atoms with Gasteiger partial charge in [0, 0.05) is 11.9 Å². The van der Waals surface area contributed by atoms with Crippen molar-refractivity contribution >= 4 is 28.2 Å². The lowest BCUT2D eigenvalue weighted by atomic mass is 10.3. The number of halogens is 1. The summed E-state index contributed by atoms with van der Waals surface area (Å²) in [4.78, 5) is 0. The van der Waals surface area contributed by atoms with E-state index >= 15 is 0 Å². The fourth-order valence-electron chi connectivity index (χ4n) is 1.62. The van der Waals surface area contributed by atoms with Gasteiger partial charge in [-0.2, -0.15) is 5.10 Å². The van der Waals surface area contributed by atoms with Gasteiger partial charge >= 0.3 is 0 Å². The van der Waals surface area contributed by atoms with Crippen LogP contribution in [0.25, 0.3) is 5.69 Å². The highest BCUT2D eigenvalue weighted by Crippen LogP contribution is 2.26. The molecule has 2 N–H and O–H groups in total. The highest BCUT2D eigenvalue weighted by molar-refractivity contribution is 8.00. The van der Waals surface area contributed by atoms with Crippen LogP contribution in [0, 0.1) is 5.82 Å². The van der Waals surface area contributed by atoms with Crippen molar-refractivity contribution in [1.29, 1.82) is 0 Å². The van der Waals surface area contributed by atoms with Gasteiger partial charge in [-0.15, -0.1) is 10.2 Å². The Labute approximate surface area is 122 Å². The molecule has 1 aromatic carbocycles. The molecule has 3 aromatic rings. The summed E-state index contributed by atoms with van der Waals surface area (Å²) in [5.74, 6) is 0.384. The number of nitrogens with zero attached hydrogens (tertiary/aromatic N) is 4. The van der Waals surface area contributed by atoms with Crippen molar-refractivity contribution in [3.05, 3.63) is 48.0 Å². The van der Waals surface area contributed by atoms with E-state index in [-0.39, 0.29) is 5.82 Å². The van der Waals surface area contributed by atoms with E-state index in [2.05, 4.69) is 15.3 Å². The average Bonchev–Trinajstić information content (AvgIpc) is 3.05. The third-order valence-electron chi connectivity index (χ3n) is 2.48. The quantitative estimate of drug-likeness (QED) is 0.751. The van der Waals surface area contributed by atoms with E-state index in [0.29, 0.717) is 16.6 Å². The zero-order valence-electron chi connectivity index (χ0n) is 10.2. The smallest absolute Gasteiger partial charge is 0.203 e. The summed E-state index contributed by atoms with van der Waals surface area (Å²) < 4.78 is 15.6. The van der Waals surface area contributed by atoms with Crippen LogP contribution in [0.15, 0.2) is 40.9 Å². The number of hydrogen-bond acceptors (Lipinski definition) is 6. The molecule has 0 aliphatic rings. The Bertz CT molecular complexity index is 724. The topological polar surface area (TPSA) is 69.6 Å². The van der Waals surface area contributed by atoms with Gasteiger partial charge in [0.05, 0.1) is 11.4 Å². The number of thioether (sulfide) groups is 1. The molecule has 0 aliphatic heterocycles. The first-order chi connectivity index (χ1) is 9.70. The van der Waals surface area contributed by atoms with E-state index in [1.807, 2.05) is 6.07 Å². The first-order valence-corrected chi connectivity index (χ1v) is 7.53. The number of aromatic nitrogens is 4. The van der Waals surface area contributed by atoms with Crippen molar-refractivity contribution in [3.63, 3.8) is 0 Å². The van der Waals surface area contributed by atoms with Gasteiger partial charge in [-0.1, -0.05) is 29.2 Å². The number of rotatable bonds is 4. The van der Waals surface area contributed by atoms with Crippen LogP contribution in [0.3, 0.4) is 0 Å². The lowest BCUT2D eigenvalue weighted by Crippen LogP contribution is -1.96. The second kappa shape index (κ2) is 5.59. The number of hydrogen-bond donors (Lipinski definition) is 1. The molecule has 0 saturated carbocycles. The lowest BCUT2D eigenvalue weighted by molar-refractivity contribution is 0.625. The van der Waals surface area contributed by atoms with E-state index in [9.17, 15) is 4.39 Å². The Hall–Kier alpha value is -1.93. The SMILES string of the molecule is Nc1nnc(SCc2ccn(-c3cccc(F)c3)n2)s1. The van der Waals surface area contributed by atoms with Gasteiger partial charge in [-0.25, -0.2) is 9.07 Å². The number of benzene rings is 1. The Morgan fingerprint density at radius 3 is 2.95 bits per heavy atom. The maximum atomic E-state index is 13.2. The number of anilines is 1. The summed E-state index contributed by atoms with van der Waals surface area (Å²) in [6.07, 6.45) is 1.80. The van der Waals surface area contributed by atoms with E-state index in [1.54, 1.807) is 23.0 Å². The van der Waals surface area contributed by atoms with Crippen molar-refractivity contribution in [3.8, 4) is 5.69 Å². The molecule has 0 spiro atoms. The van der Waals surface area contributed by atoms with Crippen molar-refractivity contribution in [1.82, 2.24) is 20.0 Å². The van der Waals surface area contributed by atoms with E-state index in [0.717, 1.165) is 10.0 Å². The molecule has 0 aliphatic carbocycles. The minimum atomic E-state index is -0.279. The monoisotopic (exact) mass is 307 g/mol. The molecule has 0 saturated heterocycles. The summed E-state index contributed by atoms with van der Waals surface area (Å²) in [5, 5.41) is 12.5. The number of nitrogens with two attached hydrogens (primary N) is 1. The highest BCUT2D eigenvalue weighted by atomic mass is 32.2. The predicted octanol–water partition coefficient (Wildman–Crippen LogP) is 2.74. The van der Waals surface area contributed by atoms with Crippen LogP contribution in [-0.2, 0) is 5.75 Å². The molecule has 0 radical (unpaired) electrons. The largest absolute Gasteiger partial charge is 0.374 e. The minimum Gasteiger partial charge on any atom is -0.374 e. The molecule has 20 heavy (non-hydrogen) atoms. The molecule has 0 unspecified atom stereocenters. The van der Waals surface area contributed by atoms with Crippen LogP contribution in [-0.4, -0.2) is 20.0 Å². The zero-order valence-corrected chi connectivity index (χ0v) is 11.9. The van der Waals surface area contributed by atoms with Gasteiger partial charge in [0.2, 0.25) is 5.13 Å². The summed E-state index contributed by atoms with van der Waals surface area (Å²) in [6, 6.07) is 8.20. The maximum Gasteiger partial charge on any atom is 0.203 e. The summed E-state index contributed by atoms with van der Waals surface area (Å²) >= 11 is 2.87. The van der Waals surface area contributed by atoms with Gasteiger partial charge in [0.1, 0.15) is 5.82 Å². The van der Waals surface area contributed by atoms with Crippen LogP contribution in [0.2, 0.25) is 0 Å². The van der Waals surface area contributed by atoms with E-state index < -0.39 is 0 Å². The average molecular weight is 307 g/mol. The Morgan fingerprint density at radius 2 is 2.20 bits per heavy atom. The van der Waals surface area contributed by atoms with Crippen LogP contribution in [0.1, 0.15) is 5.69 Å². The van der Waals surface area contributed by atoms with Gasteiger partial charge in [0.25, 0.3) is 0 Å². The van der Waals surface area contributed by atoms with Gasteiger partial charge in [-0.05, 0) is 24.3 Å². The molecule has 2 aromatic heterocycles. The third kappa shape index (κ3) is 2.97. The molecule has 0 atom stereocenters. The van der Waals surface area contributed by atoms with Crippen LogP contribution < -0.4 is 5.73 Å². The van der Waals surface area contributed by atoms with Gasteiger partial charge in [-0.3, -0.25) is 0 Å². The molecular formula is C12H10FN5S2. The zero-order chi connectivity index (χ0) is 13.9. The van der Waals surface area contributed by atoms with Crippen molar-refractivity contribution in [2.24, 2.45) is 0 Å². The molecule has 0 fully saturated rings. The second-order valence-corrected chi connectivity index (χ2v) is 6.16. The van der Waals surface area contributed by atoms with Crippen LogP contribution >= 0.6 is 23.1 Å². The first-order valence-electron chi connectivity index (χ1n) is 5.73. The normalized spacial score (nSPS) is 10.8. The fraction of sp³-hybridized carbons (Fsp3) is 0.0833. The molecule has 102 valence electrons. The lowest BCUT2D eigenvalue weighted by Gasteiger charge is -2.00. The molecule has 2 heterocycles. The summed E-state index contributed by atoms with van der Waals surface area (Å²) in [7, 11) is 0. The Morgan fingerprint density at radius 1 is 1.30 bits per heavy atom. The minimum absolute atomic E-state index is 0.279. The molecule has 0 amide bonds. The Balaban J connectivity index is 1.70. The molecule has 3 rings (SSSR count). The summed E-state index contributed by atoms with van der Waals surface area (Å²) in [6.45, 7) is 0. The van der Waals surface area contributed by atoms with Crippen molar-refractivity contribution < 1.29 is 4.39 Å². The van der Waals surface area contributed by atoms with E-state index in [1.165, 1.54) is 35.2 Å². The summed E-state index contributed by atoms with van der Waals surface area (Å²) in [5.41, 5.74) is 7.10. The van der Waals surface area contributed by atoms with Gasteiger partial charge in [0.15, 0.2) is 4.34 Å². The standard InChI is InChI=1S/C12H10FN5S2/c13-8-2-1-3-10(6-8)18-5-4-9(17-18)7-19-12-16-15-11(14)20-12/h1-6H,7H2,(H2,14,15). The number of nitrogen functional groups attached to an aromatic ring is 1. The van der Waals surface area contributed by atoms with Crippen LogP contribution in [0.4, 0.5) is 9.52 Å². The van der Waals surface area contributed by atoms with Crippen LogP contribution in [0.5, 0.6) is 0 Å². The molecule has 5 nitrogen and oxygen atoms in total. The fourth-order valence-corrected chi connectivity index (χ4v) is 3.15. The van der Waals surface area contributed by atoms with Gasteiger partial charge < -0.3 is 5.73 Å². The third-order valence-corrected chi connectivity index (χ3v) is 4.40. The van der Waals surface area contributed by atoms with Crippen molar-refractivity contribution in [2.75, 3.05) is 5.73 Å². The maximum absolute atomic E-state index is 13.2. The predicted molar refractivity (Wildman–Crippen MR) is 77.4 cm³/mol. The molecule has 8 heteroatoms. The molecular weight excluding hydrogens is 297 g/mol. The second-order valence-electron chi connectivity index (χ2n) is 3.93. The van der Waals surface area contributed by atoms with Crippen molar-refractivity contribution in [2.45, 2.75) is 10.1 Å². The first kappa shape index (κ1) is 13.1.